The van der Waals surface area contributed by atoms with Crippen molar-refractivity contribution < 1.29 is 0 Å². The smallest absolute Gasteiger partial charge is 0.190 e. The van der Waals surface area contributed by atoms with Crippen LogP contribution in [0.2, 0.25) is 0 Å². The van der Waals surface area contributed by atoms with Crippen LogP contribution in [0.5, 0.6) is 0 Å². The number of hydrogen-bond acceptors (Lipinski definition) is 2. The number of rotatable bonds is 9. The minimum absolute atomic E-state index is 0.535. The van der Waals surface area contributed by atoms with Gasteiger partial charge in [0, 0.05) is 32.7 Å². The number of aliphatic imine (C=N–C) groups is 1. The Bertz CT molecular complexity index is 468. The van der Waals surface area contributed by atoms with Gasteiger partial charge in [-0.05, 0) is 38.3 Å². The maximum Gasteiger partial charge on any atom is 0.190 e. The Hall–Kier alpha value is -1.55. The first-order valence-electron chi connectivity index (χ1n) is 8.87. The Morgan fingerprint density at radius 3 is 2.57 bits per heavy atom. The zero-order valence-corrected chi connectivity index (χ0v) is 14.9. The summed E-state index contributed by atoms with van der Waals surface area (Å²) < 4.78 is 0. The van der Waals surface area contributed by atoms with E-state index >= 15 is 0 Å². The summed E-state index contributed by atoms with van der Waals surface area (Å²) in [5, 5.41) is 6.83. The van der Waals surface area contributed by atoms with Gasteiger partial charge in [0.15, 0.2) is 5.96 Å². The Morgan fingerprint density at radius 1 is 1.22 bits per heavy atom. The minimum atomic E-state index is 0.535. The van der Waals surface area contributed by atoms with Crippen LogP contribution in [0.4, 0.5) is 0 Å². The molecule has 0 bridgehead atoms. The summed E-state index contributed by atoms with van der Waals surface area (Å²) in [6, 6.07) is 11.2. The number of hydrogen-bond donors (Lipinski definition) is 2. The van der Waals surface area contributed by atoms with Gasteiger partial charge in [-0.25, -0.2) is 0 Å². The van der Waals surface area contributed by atoms with Gasteiger partial charge in [-0.2, -0.15) is 0 Å². The number of nitrogens with zero attached hydrogens (tertiary/aromatic N) is 2. The third-order valence-electron chi connectivity index (χ3n) is 4.65. The van der Waals surface area contributed by atoms with Crippen molar-refractivity contribution in [2.75, 3.05) is 27.2 Å². The maximum atomic E-state index is 4.30. The van der Waals surface area contributed by atoms with Crippen molar-refractivity contribution in [1.82, 2.24) is 15.5 Å². The van der Waals surface area contributed by atoms with E-state index in [1.54, 1.807) is 0 Å². The van der Waals surface area contributed by atoms with Crippen molar-refractivity contribution in [2.45, 2.75) is 45.2 Å². The molecule has 23 heavy (non-hydrogen) atoms. The van der Waals surface area contributed by atoms with Crippen LogP contribution in [0, 0.1) is 5.92 Å². The molecule has 0 aliphatic heterocycles. The maximum absolute atomic E-state index is 4.30. The predicted octanol–water partition coefficient (Wildman–Crippen LogP) is 2.86. The second-order valence-corrected chi connectivity index (χ2v) is 6.70. The summed E-state index contributed by atoms with van der Waals surface area (Å²) >= 11 is 0. The van der Waals surface area contributed by atoms with E-state index in [1.165, 1.54) is 24.8 Å². The van der Waals surface area contributed by atoms with Gasteiger partial charge in [0.25, 0.3) is 0 Å². The molecule has 1 aliphatic rings. The van der Waals surface area contributed by atoms with Crippen molar-refractivity contribution in [3.8, 4) is 0 Å². The number of nitrogens with one attached hydrogen (secondary N) is 2. The monoisotopic (exact) mass is 316 g/mol. The first-order chi connectivity index (χ1) is 11.2. The Morgan fingerprint density at radius 2 is 1.91 bits per heavy atom. The minimum Gasteiger partial charge on any atom is -0.356 e. The van der Waals surface area contributed by atoms with E-state index in [1.807, 2.05) is 7.05 Å². The summed E-state index contributed by atoms with van der Waals surface area (Å²) in [7, 11) is 4.04. The Balaban J connectivity index is 1.61. The van der Waals surface area contributed by atoms with E-state index in [-0.39, 0.29) is 0 Å². The topological polar surface area (TPSA) is 39.7 Å². The van der Waals surface area contributed by atoms with Crippen LogP contribution < -0.4 is 10.6 Å². The lowest BCUT2D eigenvalue weighted by Crippen LogP contribution is -2.40. The second kappa shape index (κ2) is 9.56. The van der Waals surface area contributed by atoms with Gasteiger partial charge in [-0.1, -0.05) is 43.2 Å². The standard InChI is InChI=1S/C19H32N4/c1-16(23(3)15-18-7-5-4-6-8-18)11-13-21-19(20-2)22-14-12-17-9-10-17/h4-8,16-17H,9-15H2,1-3H3,(H2,20,21,22). The summed E-state index contributed by atoms with van der Waals surface area (Å²) in [6.07, 6.45) is 5.21. The highest BCUT2D eigenvalue weighted by atomic mass is 15.2. The van der Waals surface area contributed by atoms with Gasteiger partial charge >= 0.3 is 0 Å². The van der Waals surface area contributed by atoms with Gasteiger partial charge in [0.1, 0.15) is 0 Å². The summed E-state index contributed by atoms with van der Waals surface area (Å²) in [5.41, 5.74) is 1.37. The van der Waals surface area contributed by atoms with Crippen LogP contribution in [0.3, 0.4) is 0 Å². The van der Waals surface area contributed by atoms with Crippen LogP contribution in [0.25, 0.3) is 0 Å². The quantitative estimate of drug-likeness (QED) is 0.543. The fourth-order valence-corrected chi connectivity index (χ4v) is 2.67. The molecule has 2 N–H and O–H groups in total. The molecule has 4 heteroatoms. The third kappa shape index (κ3) is 7.04. The molecule has 0 aromatic heterocycles. The van der Waals surface area contributed by atoms with Crippen molar-refractivity contribution in [3.05, 3.63) is 35.9 Å². The van der Waals surface area contributed by atoms with Gasteiger partial charge in [0.2, 0.25) is 0 Å². The molecule has 128 valence electrons. The Kier molecular flexibility index (Phi) is 7.40. The van der Waals surface area contributed by atoms with Crippen molar-refractivity contribution >= 4 is 5.96 Å². The summed E-state index contributed by atoms with van der Waals surface area (Å²) in [4.78, 5) is 6.70. The predicted molar refractivity (Wildman–Crippen MR) is 98.7 cm³/mol. The van der Waals surface area contributed by atoms with E-state index in [4.69, 9.17) is 0 Å². The SMILES string of the molecule is CN=C(NCCC1CC1)NCCC(C)N(C)Cc1ccccc1. The molecule has 1 saturated carbocycles. The summed E-state index contributed by atoms with van der Waals surface area (Å²) in [6.45, 7) is 5.27. The molecule has 1 unspecified atom stereocenters. The van der Waals surface area contributed by atoms with Crippen molar-refractivity contribution in [1.29, 1.82) is 0 Å². The highest BCUT2D eigenvalue weighted by Gasteiger charge is 2.20. The molecule has 4 nitrogen and oxygen atoms in total. The molecule has 0 amide bonds. The lowest BCUT2D eigenvalue weighted by molar-refractivity contribution is 0.238. The molecule has 1 fully saturated rings. The lowest BCUT2D eigenvalue weighted by Gasteiger charge is -2.25. The second-order valence-electron chi connectivity index (χ2n) is 6.70. The lowest BCUT2D eigenvalue weighted by atomic mass is 10.1. The van der Waals surface area contributed by atoms with E-state index in [0.717, 1.165) is 37.9 Å². The molecule has 1 aromatic rings. The van der Waals surface area contributed by atoms with Gasteiger partial charge < -0.3 is 10.6 Å². The number of benzene rings is 1. The van der Waals surface area contributed by atoms with E-state index in [9.17, 15) is 0 Å². The van der Waals surface area contributed by atoms with Gasteiger partial charge in [-0.3, -0.25) is 9.89 Å². The van der Waals surface area contributed by atoms with Crippen molar-refractivity contribution in [2.24, 2.45) is 10.9 Å². The molecule has 0 spiro atoms. The van der Waals surface area contributed by atoms with Gasteiger partial charge in [0.05, 0.1) is 0 Å². The first-order valence-corrected chi connectivity index (χ1v) is 8.87. The highest BCUT2D eigenvalue weighted by molar-refractivity contribution is 5.79. The van der Waals surface area contributed by atoms with Crippen LogP contribution in [-0.4, -0.2) is 44.1 Å². The molecule has 1 aliphatic carbocycles. The van der Waals surface area contributed by atoms with Crippen LogP contribution in [-0.2, 0) is 6.54 Å². The molecule has 0 heterocycles. The van der Waals surface area contributed by atoms with E-state index < -0.39 is 0 Å². The zero-order chi connectivity index (χ0) is 16.5. The summed E-state index contributed by atoms with van der Waals surface area (Å²) in [5.74, 6) is 1.90. The van der Waals surface area contributed by atoms with E-state index in [2.05, 4.69) is 64.8 Å². The molecule has 2 rings (SSSR count). The molecule has 0 saturated heterocycles. The average Bonchev–Trinajstić information content (AvgIpc) is 3.38. The third-order valence-corrected chi connectivity index (χ3v) is 4.65. The molecular weight excluding hydrogens is 284 g/mol. The molecule has 1 atom stereocenters. The highest BCUT2D eigenvalue weighted by Crippen LogP contribution is 2.31. The number of guanidine groups is 1. The first kappa shape index (κ1) is 17.8. The van der Waals surface area contributed by atoms with Crippen molar-refractivity contribution in [3.63, 3.8) is 0 Å². The van der Waals surface area contributed by atoms with Crippen LogP contribution >= 0.6 is 0 Å². The molecule has 1 aromatic carbocycles. The zero-order valence-electron chi connectivity index (χ0n) is 14.9. The van der Waals surface area contributed by atoms with Crippen LogP contribution in [0.1, 0.15) is 38.2 Å². The normalized spacial score (nSPS) is 16.4. The van der Waals surface area contributed by atoms with Gasteiger partial charge in [-0.15, -0.1) is 0 Å². The largest absolute Gasteiger partial charge is 0.356 e. The molecular formula is C19H32N4. The fourth-order valence-electron chi connectivity index (χ4n) is 2.67. The Labute approximate surface area is 141 Å². The molecule has 0 radical (unpaired) electrons. The fraction of sp³-hybridized carbons (Fsp3) is 0.632. The van der Waals surface area contributed by atoms with Crippen LogP contribution in [0.15, 0.2) is 35.3 Å². The van der Waals surface area contributed by atoms with E-state index in [0.29, 0.717) is 6.04 Å². The average molecular weight is 316 g/mol.